The molecule has 3 heteroatoms. The SMILES string of the molecule is CCN(Cc1ccccc1CN)Cc1ccccc1OC. The van der Waals surface area contributed by atoms with E-state index in [1.54, 1.807) is 7.11 Å². The second-order valence-corrected chi connectivity index (χ2v) is 5.09. The molecular formula is C18H24N2O. The summed E-state index contributed by atoms with van der Waals surface area (Å²) < 4.78 is 5.44. The fourth-order valence-corrected chi connectivity index (χ4v) is 2.51. The van der Waals surface area contributed by atoms with Crippen molar-refractivity contribution in [3.63, 3.8) is 0 Å². The van der Waals surface area contributed by atoms with E-state index in [-0.39, 0.29) is 0 Å². The van der Waals surface area contributed by atoms with Gasteiger partial charge in [-0.1, -0.05) is 49.4 Å². The van der Waals surface area contributed by atoms with Gasteiger partial charge in [0.2, 0.25) is 0 Å². The van der Waals surface area contributed by atoms with Crippen molar-refractivity contribution in [2.24, 2.45) is 5.73 Å². The molecule has 0 aliphatic rings. The lowest BCUT2D eigenvalue weighted by atomic mass is 10.1. The first-order chi connectivity index (χ1) is 10.3. The minimum absolute atomic E-state index is 0.586. The first-order valence-electron chi connectivity index (χ1n) is 7.39. The van der Waals surface area contributed by atoms with Crippen LogP contribution in [0.25, 0.3) is 0 Å². The molecule has 0 bridgehead atoms. The van der Waals surface area contributed by atoms with E-state index in [2.05, 4.69) is 42.2 Å². The summed E-state index contributed by atoms with van der Waals surface area (Å²) in [6.45, 7) is 5.53. The van der Waals surface area contributed by atoms with Crippen LogP contribution in [0, 0.1) is 0 Å². The van der Waals surface area contributed by atoms with E-state index in [1.165, 1.54) is 16.7 Å². The third-order valence-corrected chi connectivity index (χ3v) is 3.77. The highest BCUT2D eigenvalue weighted by Crippen LogP contribution is 2.20. The van der Waals surface area contributed by atoms with Gasteiger partial charge in [-0.3, -0.25) is 4.90 Å². The first kappa shape index (κ1) is 15.5. The number of rotatable bonds is 7. The highest BCUT2D eigenvalue weighted by Gasteiger charge is 2.10. The van der Waals surface area contributed by atoms with E-state index in [0.717, 1.165) is 25.4 Å². The summed E-state index contributed by atoms with van der Waals surface area (Å²) in [5, 5.41) is 0. The Morgan fingerprint density at radius 3 is 2.10 bits per heavy atom. The Hall–Kier alpha value is -1.84. The molecule has 0 radical (unpaired) electrons. The average molecular weight is 284 g/mol. The number of methoxy groups -OCH3 is 1. The summed E-state index contributed by atoms with van der Waals surface area (Å²) >= 11 is 0. The molecule has 2 aromatic carbocycles. The van der Waals surface area contributed by atoms with Crippen molar-refractivity contribution in [2.45, 2.75) is 26.6 Å². The summed E-state index contributed by atoms with van der Waals surface area (Å²) in [5.41, 5.74) is 9.56. The lowest BCUT2D eigenvalue weighted by molar-refractivity contribution is 0.265. The molecule has 0 saturated heterocycles. The van der Waals surface area contributed by atoms with E-state index in [4.69, 9.17) is 10.5 Å². The zero-order valence-electron chi connectivity index (χ0n) is 12.9. The predicted molar refractivity (Wildman–Crippen MR) is 87.1 cm³/mol. The maximum Gasteiger partial charge on any atom is 0.123 e. The first-order valence-corrected chi connectivity index (χ1v) is 7.39. The summed E-state index contributed by atoms with van der Waals surface area (Å²) in [7, 11) is 1.72. The van der Waals surface area contributed by atoms with Gasteiger partial charge in [-0.05, 0) is 23.7 Å². The number of hydrogen-bond acceptors (Lipinski definition) is 3. The van der Waals surface area contributed by atoms with Crippen molar-refractivity contribution in [3.05, 3.63) is 65.2 Å². The van der Waals surface area contributed by atoms with Crippen LogP contribution in [0.1, 0.15) is 23.6 Å². The lowest BCUT2D eigenvalue weighted by Crippen LogP contribution is -2.23. The maximum atomic E-state index is 5.83. The van der Waals surface area contributed by atoms with Gasteiger partial charge in [0, 0.05) is 25.2 Å². The smallest absolute Gasteiger partial charge is 0.123 e. The van der Waals surface area contributed by atoms with Crippen LogP contribution in [0.5, 0.6) is 5.75 Å². The minimum atomic E-state index is 0.586. The fourth-order valence-electron chi connectivity index (χ4n) is 2.51. The van der Waals surface area contributed by atoms with Gasteiger partial charge in [-0.25, -0.2) is 0 Å². The van der Waals surface area contributed by atoms with Crippen molar-refractivity contribution < 1.29 is 4.74 Å². The molecule has 0 saturated carbocycles. The van der Waals surface area contributed by atoms with E-state index < -0.39 is 0 Å². The van der Waals surface area contributed by atoms with Crippen LogP contribution in [-0.4, -0.2) is 18.6 Å². The monoisotopic (exact) mass is 284 g/mol. The molecule has 0 amide bonds. The molecule has 0 fully saturated rings. The van der Waals surface area contributed by atoms with Crippen molar-refractivity contribution in [2.75, 3.05) is 13.7 Å². The molecule has 0 aliphatic heterocycles. The molecule has 112 valence electrons. The van der Waals surface area contributed by atoms with Gasteiger partial charge < -0.3 is 10.5 Å². The maximum absolute atomic E-state index is 5.83. The molecule has 2 N–H and O–H groups in total. The number of para-hydroxylation sites is 1. The quantitative estimate of drug-likeness (QED) is 0.848. The van der Waals surface area contributed by atoms with Crippen LogP contribution in [0.15, 0.2) is 48.5 Å². The number of nitrogens with zero attached hydrogens (tertiary/aromatic N) is 1. The molecular weight excluding hydrogens is 260 g/mol. The fraction of sp³-hybridized carbons (Fsp3) is 0.333. The third kappa shape index (κ3) is 4.06. The van der Waals surface area contributed by atoms with Crippen molar-refractivity contribution in [3.8, 4) is 5.75 Å². The highest BCUT2D eigenvalue weighted by molar-refractivity contribution is 5.33. The van der Waals surface area contributed by atoms with E-state index in [9.17, 15) is 0 Å². The van der Waals surface area contributed by atoms with E-state index in [1.807, 2.05) is 18.2 Å². The van der Waals surface area contributed by atoms with Crippen LogP contribution in [0.2, 0.25) is 0 Å². The van der Waals surface area contributed by atoms with Gasteiger partial charge in [0.25, 0.3) is 0 Å². The predicted octanol–water partition coefficient (Wildman–Crippen LogP) is 3.18. The van der Waals surface area contributed by atoms with Crippen molar-refractivity contribution in [1.29, 1.82) is 0 Å². The van der Waals surface area contributed by atoms with Crippen LogP contribution >= 0.6 is 0 Å². The van der Waals surface area contributed by atoms with Gasteiger partial charge in [0.05, 0.1) is 7.11 Å². The molecule has 2 aromatic rings. The van der Waals surface area contributed by atoms with Crippen LogP contribution < -0.4 is 10.5 Å². The van der Waals surface area contributed by atoms with E-state index in [0.29, 0.717) is 6.54 Å². The molecule has 0 atom stereocenters. The molecule has 0 unspecified atom stereocenters. The summed E-state index contributed by atoms with van der Waals surface area (Å²) in [6.07, 6.45) is 0. The second-order valence-electron chi connectivity index (χ2n) is 5.09. The summed E-state index contributed by atoms with van der Waals surface area (Å²) in [4.78, 5) is 2.40. The number of nitrogens with two attached hydrogens (primary N) is 1. The average Bonchev–Trinajstić information content (AvgIpc) is 2.55. The van der Waals surface area contributed by atoms with Crippen molar-refractivity contribution >= 4 is 0 Å². The number of hydrogen-bond donors (Lipinski definition) is 1. The van der Waals surface area contributed by atoms with Crippen LogP contribution in [-0.2, 0) is 19.6 Å². The van der Waals surface area contributed by atoms with Gasteiger partial charge in [0.1, 0.15) is 5.75 Å². The second kappa shape index (κ2) is 7.81. The standard InChI is InChI=1S/C18H24N2O/c1-3-20(13-16-9-5-4-8-15(16)12-19)14-17-10-6-7-11-18(17)21-2/h4-11H,3,12-14,19H2,1-2H3. The zero-order valence-corrected chi connectivity index (χ0v) is 12.9. The number of ether oxygens (including phenoxy) is 1. The Kier molecular flexibility index (Phi) is 5.78. The topological polar surface area (TPSA) is 38.5 Å². The van der Waals surface area contributed by atoms with Crippen molar-refractivity contribution in [1.82, 2.24) is 4.90 Å². The summed E-state index contributed by atoms with van der Waals surface area (Å²) in [5.74, 6) is 0.947. The Morgan fingerprint density at radius 1 is 0.905 bits per heavy atom. The van der Waals surface area contributed by atoms with Gasteiger partial charge in [-0.15, -0.1) is 0 Å². The Bertz CT molecular complexity index is 519. The number of benzene rings is 2. The van der Waals surface area contributed by atoms with Gasteiger partial charge in [-0.2, -0.15) is 0 Å². The molecule has 0 aromatic heterocycles. The Morgan fingerprint density at radius 2 is 1.48 bits per heavy atom. The molecule has 0 heterocycles. The molecule has 0 spiro atoms. The van der Waals surface area contributed by atoms with Gasteiger partial charge in [0.15, 0.2) is 0 Å². The molecule has 2 rings (SSSR count). The van der Waals surface area contributed by atoms with E-state index >= 15 is 0 Å². The summed E-state index contributed by atoms with van der Waals surface area (Å²) in [6, 6.07) is 16.6. The highest BCUT2D eigenvalue weighted by atomic mass is 16.5. The minimum Gasteiger partial charge on any atom is -0.496 e. The zero-order chi connectivity index (χ0) is 15.1. The van der Waals surface area contributed by atoms with Gasteiger partial charge >= 0.3 is 0 Å². The Labute approximate surface area is 127 Å². The Balaban J connectivity index is 2.13. The molecule has 0 aliphatic carbocycles. The third-order valence-electron chi connectivity index (χ3n) is 3.77. The largest absolute Gasteiger partial charge is 0.496 e. The van der Waals surface area contributed by atoms with Crippen LogP contribution in [0.4, 0.5) is 0 Å². The molecule has 21 heavy (non-hydrogen) atoms. The van der Waals surface area contributed by atoms with Crippen LogP contribution in [0.3, 0.4) is 0 Å². The normalized spacial score (nSPS) is 10.9. The molecule has 3 nitrogen and oxygen atoms in total. The lowest BCUT2D eigenvalue weighted by Gasteiger charge is -2.23.